The summed E-state index contributed by atoms with van der Waals surface area (Å²) in [5.74, 6) is -0.850. The van der Waals surface area contributed by atoms with Gasteiger partial charge in [0.1, 0.15) is 0 Å². The van der Waals surface area contributed by atoms with Gasteiger partial charge in [-0.2, -0.15) is 0 Å². The van der Waals surface area contributed by atoms with Crippen LogP contribution in [-0.4, -0.2) is 41.1 Å². The van der Waals surface area contributed by atoms with Gasteiger partial charge < -0.3 is 15.3 Å². The van der Waals surface area contributed by atoms with E-state index in [2.05, 4.69) is 11.4 Å². The van der Waals surface area contributed by atoms with Gasteiger partial charge in [-0.05, 0) is 29.5 Å². The van der Waals surface area contributed by atoms with Gasteiger partial charge in [0.15, 0.2) is 0 Å². The fourth-order valence-corrected chi connectivity index (χ4v) is 3.26. The fourth-order valence-electron chi connectivity index (χ4n) is 3.26. The van der Waals surface area contributed by atoms with Gasteiger partial charge in [0, 0.05) is 25.6 Å². The second kappa shape index (κ2) is 9.03. The van der Waals surface area contributed by atoms with E-state index in [1.54, 1.807) is 4.90 Å². The first-order valence-electron chi connectivity index (χ1n) is 9.17. The van der Waals surface area contributed by atoms with Crippen molar-refractivity contribution in [3.63, 3.8) is 0 Å². The monoisotopic (exact) mass is 364 g/mol. The van der Waals surface area contributed by atoms with Crippen molar-refractivity contribution in [1.29, 1.82) is 0 Å². The van der Waals surface area contributed by atoms with E-state index in [4.69, 9.17) is 5.11 Å². The van der Waals surface area contributed by atoms with Crippen LogP contribution in [0, 0.1) is 0 Å². The molecule has 2 aromatic carbocycles. The Morgan fingerprint density at radius 1 is 1.04 bits per heavy atom. The summed E-state index contributed by atoms with van der Waals surface area (Å²) in [5, 5.41) is 12.0. The maximum Gasteiger partial charge on any atom is 0.318 e. The molecule has 0 saturated carbocycles. The predicted molar refractivity (Wildman–Crippen MR) is 105 cm³/mol. The van der Waals surface area contributed by atoms with Gasteiger partial charge in [-0.15, -0.1) is 0 Å². The Morgan fingerprint density at radius 3 is 2.37 bits per heavy atom. The predicted octanol–water partition coefficient (Wildman–Crippen LogP) is 3.57. The molecule has 0 saturated heterocycles. The molecule has 0 fully saturated rings. The number of nitrogens with zero attached hydrogens (tertiary/aromatic N) is 1. The highest BCUT2D eigenvalue weighted by Gasteiger charge is 2.23. The van der Waals surface area contributed by atoms with Crippen molar-refractivity contribution >= 4 is 17.6 Å². The number of nitrogens with one attached hydrogen (secondary N) is 1. The summed E-state index contributed by atoms with van der Waals surface area (Å²) in [6.07, 6.45) is 3.12. The molecule has 5 heteroatoms. The Kier molecular flexibility index (Phi) is 6.26. The van der Waals surface area contributed by atoms with Crippen LogP contribution in [0.4, 0.5) is 4.79 Å². The van der Waals surface area contributed by atoms with Crippen LogP contribution >= 0.6 is 0 Å². The number of urea groups is 1. The molecular weight excluding hydrogens is 340 g/mol. The summed E-state index contributed by atoms with van der Waals surface area (Å²) in [6.45, 7) is 1.12. The van der Waals surface area contributed by atoms with E-state index in [1.165, 1.54) is 0 Å². The minimum absolute atomic E-state index is 0.0330. The third-order valence-electron chi connectivity index (χ3n) is 4.71. The molecule has 0 aromatic heterocycles. The molecule has 1 aliphatic rings. The molecule has 1 aliphatic heterocycles. The van der Waals surface area contributed by atoms with E-state index < -0.39 is 5.97 Å². The van der Waals surface area contributed by atoms with Gasteiger partial charge in [0.2, 0.25) is 0 Å². The lowest BCUT2D eigenvalue weighted by Gasteiger charge is -2.23. The average Bonchev–Trinajstić information content (AvgIpc) is 3.18. The highest BCUT2D eigenvalue weighted by molar-refractivity contribution is 5.81. The first-order chi connectivity index (χ1) is 13.1. The largest absolute Gasteiger partial charge is 0.481 e. The molecule has 1 atom stereocenters. The summed E-state index contributed by atoms with van der Waals surface area (Å²) in [4.78, 5) is 25.4. The van der Waals surface area contributed by atoms with Crippen molar-refractivity contribution in [2.45, 2.75) is 25.3 Å². The average molecular weight is 364 g/mol. The van der Waals surface area contributed by atoms with E-state index in [-0.39, 0.29) is 18.5 Å². The van der Waals surface area contributed by atoms with Crippen LogP contribution in [0.3, 0.4) is 0 Å². The number of benzene rings is 2. The summed E-state index contributed by atoms with van der Waals surface area (Å²) in [6, 6.07) is 19.5. The lowest BCUT2D eigenvalue weighted by Crippen LogP contribution is -2.45. The first-order valence-corrected chi connectivity index (χ1v) is 9.17. The number of hydrogen-bond acceptors (Lipinski definition) is 2. The lowest BCUT2D eigenvalue weighted by molar-refractivity contribution is -0.137. The SMILES string of the molecule is O=C(O)CCC(Cc1ccccc1)NC(=O)N1CC=C(c2ccccc2)C1. The fraction of sp³-hybridized carbons (Fsp3) is 0.273. The summed E-state index contributed by atoms with van der Waals surface area (Å²) in [5.41, 5.74) is 3.34. The molecule has 3 rings (SSSR count). The van der Waals surface area contributed by atoms with Crippen molar-refractivity contribution in [3.05, 3.63) is 77.9 Å². The van der Waals surface area contributed by atoms with Gasteiger partial charge in [0.05, 0.1) is 0 Å². The standard InChI is InChI=1S/C22H24N2O3/c25-21(26)12-11-20(15-17-7-3-1-4-8-17)23-22(27)24-14-13-19(16-24)18-9-5-2-6-10-18/h1-10,13,20H,11-12,14-16H2,(H,23,27)(H,25,26). The molecule has 0 bridgehead atoms. The topological polar surface area (TPSA) is 69.6 Å². The smallest absolute Gasteiger partial charge is 0.318 e. The highest BCUT2D eigenvalue weighted by Crippen LogP contribution is 2.21. The Bertz CT molecular complexity index is 803. The molecule has 1 heterocycles. The molecule has 0 spiro atoms. The second-order valence-corrected chi connectivity index (χ2v) is 6.74. The molecule has 5 nitrogen and oxygen atoms in total. The molecular formula is C22H24N2O3. The quantitative estimate of drug-likeness (QED) is 0.789. The number of carboxylic acid groups (broad SMARTS) is 1. The third kappa shape index (κ3) is 5.45. The second-order valence-electron chi connectivity index (χ2n) is 6.74. The number of carboxylic acids is 1. The molecule has 2 N–H and O–H groups in total. The van der Waals surface area contributed by atoms with Crippen molar-refractivity contribution in [2.24, 2.45) is 0 Å². The van der Waals surface area contributed by atoms with Crippen molar-refractivity contribution in [2.75, 3.05) is 13.1 Å². The van der Waals surface area contributed by atoms with Crippen molar-refractivity contribution in [1.82, 2.24) is 10.2 Å². The molecule has 0 aliphatic carbocycles. The molecule has 2 aromatic rings. The zero-order valence-electron chi connectivity index (χ0n) is 15.2. The van der Waals surface area contributed by atoms with Crippen molar-refractivity contribution in [3.8, 4) is 0 Å². The zero-order valence-corrected chi connectivity index (χ0v) is 15.2. The zero-order chi connectivity index (χ0) is 19.1. The molecule has 2 amide bonds. The summed E-state index contributed by atoms with van der Waals surface area (Å²) >= 11 is 0. The van der Waals surface area contributed by atoms with Crippen LogP contribution in [0.25, 0.3) is 5.57 Å². The van der Waals surface area contributed by atoms with Gasteiger partial charge in [-0.1, -0.05) is 66.7 Å². The van der Waals surface area contributed by atoms with E-state index in [1.807, 2.05) is 60.7 Å². The van der Waals surface area contributed by atoms with Gasteiger partial charge in [0.25, 0.3) is 0 Å². The minimum atomic E-state index is -0.850. The number of rotatable bonds is 7. The summed E-state index contributed by atoms with van der Waals surface area (Å²) < 4.78 is 0. The number of hydrogen-bond donors (Lipinski definition) is 2. The van der Waals surface area contributed by atoms with Gasteiger partial charge >= 0.3 is 12.0 Å². The molecule has 27 heavy (non-hydrogen) atoms. The number of amides is 2. The first kappa shape index (κ1) is 18.7. The van der Waals surface area contributed by atoms with E-state index in [0.717, 1.165) is 16.7 Å². The van der Waals surface area contributed by atoms with Gasteiger partial charge in [-0.25, -0.2) is 4.79 Å². The normalized spacial score (nSPS) is 14.5. The number of carbonyl (C=O) groups is 2. The summed E-state index contributed by atoms with van der Waals surface area (Å²) in [7, 11) is 0. The van der Waals surface area contributed by atoms with Crippen LogP contribution < -0.4 is 5.32 Å². The Balaban J connectivity index is 1.59. The Hall–Kier alpha value is -3.08. The molecule has 0 radical (unpaired) electrons. The van der Waals surface area contributed by atoms with E-state index >= 15 is 0 Å². The molecule has 140 valence electrons. The van der Waals surface area contributed by atoms with E-state index in [0.29, 0.717) is 25.9 Å². The third-order valence-corrected chi connectivity index (χ3v) is 4.71. The van der Waals surface area contributed by atoms with Crippen LogP contribution in [0.2, 0.25) is 0 Å². The minimum Gasteiger partial charge on any atom is -0.481 e. The van der Waals surface area contributed by atoms with Gasteiger partial charge in [-0.3, -0.25) is 4.79 Å². The molecule has 1 unspecified atom stereocenters. The van der Waals surface area contributed by atoms with Crippen LogP contribution in [-0.2, 0) is 11.2 Å². The van der Waals surface area contributed by atoms with Crippen LogP contribution in [0.5, 0.6) is 0 Å². The van der Waals surface area contributed by atoms with Crippen LogP contribution in [0.1, 0.15) is 24.0 Å². The van der Waals surface area contributed by atoms with Crippen LogP contribution in [0.15, 0.2) is 66.7 Å². The number of carbonyl (C=O) groups excluding carboxylic acids is 1. The maximum absolute atomic E-state index is 12.7. The Morgan fingerprint density at radius 2 is 1.70 bits per heavy atom. The van der Waals surface area contributed by atoms with E-state index in [9.17, 15) is 9.59 Å². The lowest BCUT2D eigenvalue weighted by atomic mass is 10.0. The highest BCUT2D eigenvalue weighted by atomic mass is 16.4. The Labute approximate surface area is 159 Å². The maximum atomic E-state index is 12.7. The number of aliphatic carboxylic acids is 1. The van der Waals surface area contributed by atoms with Crippen molar-refractivity contribution < 1.29 is 14.7 Å².